The van der Waals surface area contributed by atoms with E-state index < -0.39 is 10.2 Å². The molecule has 0 aliphatic carbocycles. The summed E-state index contributed by atoms with van der Waals surface area (Å²) >= 11 is 0. The molecule has 0 aromatic heterocycles. The van der Waals surface area contributed by atoms with Gasteiger partial charge >= 0.3 is 0 Å². The largest absolute Gasteiger partial charge is 0.396 e. The monoisotopic (exact) mass is 264 g/mol. The Morgan fingerprint density at radius 1 is 1.41 bits per heavy atom. The van der Waals surface area contributed by atoms with Crippen molar-refractivity contribution in [1.29, 1.82) is 0 Å². The molecular weight excluding hydrogens is 240 g/mol. The predicted octanol–water partition coefficient (Wildman–Crippen LogP) is 0.664. The number of hydrogen-bond donors (Lipinski definition) is 1. The van der Waals surface area contributed by atoms with Gasteiger partial charge in [-0.15, -0.1) is 0 Å². The van der Waals surface area contributed by atoms with Crippen molar-refractivity contribution in [3.8, 4) is 0 Å². The lowest BCUT2D eigenvalue weighted by Gasteiger charge is -2.39. The SMILES string of the molecule is CC(C)N(C)S(=O)(=O)N1CC(CO)CCC1C. The average Bonchev–Trinajstić information content (AvgIpc) is 2.28. The van der Waals surface area contributed by atoms with Crippen molar-refractivity contribution < 1.29 is 13.5 Å². The van der Waals surface area contributed by atoms with E-state index in [2.05, 4.69) is 0 Å². The number of rotatable bonds is 4. The highest BCUT2D eigenvalue weighted by molar-refractivity contribution is 7.86. The molecule has 102 valence electrons. The zero-order valence-corrected chi connectivity index (χ0v) is 11.9. The van der Waals surface area contributed by atoms with Crippen LogP contribution in [0.2, 0.25) is 0 Å². The second-order valence-corrected chi connectivity index (χ2v) is 7.10. The molecule has 0 radical (unpaired) electrons. The molecule has 0 saturated carbocycles. The standard InChI is InChI=1S/C11H24N2O3S/c1-9(2)12(4)17(15,16)13-7-11(8-14)6-5-10(13)3/h9-11,14H,5-8H2,1-4H3. The normalized spacial score (nSPS) is 27.9. The summed E-state index contributed by atoms with van der Waals surface area (Å²) in [6.07, 6.45) is 1.71. The van der Waals surface area contributed by atoms with Gasteiger partial charge in [-0.1, -0.05) is 0 Å². The van der Waals surface area contributed by atoms with Crippen molar-refractivity contribution >= 4 is 10.2 Å². The van der Waals surface area contributed by atoms with Crippen LogP contribution in [0, 0.1) is 5.92 Å². The minimum Gasteiger partial charge on any atom is -0.396 e. The van der Waals surface area contributed by atoms with Gasteiger partial charge in [0, 0.05) is 32.3 Å². The van der Waals surface area contributed by atoms with Gasteiger partial charge < -0.3 is 5.11 Å². The predicted molar refractivity (Wildman–Crippen MR) is 67.8 cm³/mol. The Morgan fingerprint density at radius 2 is 2.00 bits per heavy atom. The van der Waals surface area contributed by atoms with E-state index in [0.717, 1.165) is 12.8 Å². The maximum atomic E-state index is 12.4. The van der Waals surface area contributed by atoms with Crippen molar-refractivity contribution in [2.75, 3.05) is 20.2 Å². The Kier molecular flexibility index (Phi) is 4.95. The van der Waals surface area contributed by atoms with Gasteiger partial charge in [-0.25, -0.2) is 0 Å². The first kappa shape index (κ1) is 14.9. The lowest BCUT2D eigenvalue weighted by molar-refractivity contribution is 0.133. The summed E-state index contributed by atoms with van der Waals surface area (Å²) in [4.78, 5) is 0. The molecule has 6 heteroatoms. The fourth-order valence-electron chi connectivity index (χ4n) is 2.05. The molecule has 0 aromatic carbocycles. The fourth-order valence-corrected chi connectivity index (χ4v) is 3.87. The summed E-state index contributed by atoms with van der Waals surface area (Å²) in [7, 11) is -1.79. The zero-order chi connectivity index (χ0) is 13.2. The summed E-state index contributed by atoms with van der Waals surface area (Å²) < 4.78 is 27.7. The maximum Gasteiger partial charge on any atom is 0.282 e. The van der Waals surface area contributed by atoms with Crippen molar-refractivity contribution in [2.24, 2.45) is 5.92 Å². The van der Waals surface area contributed by atoms with E-state index in [-0.39, 0.29) is 24.6 Å². The van der Waals surface area contributed by atoms with E-state index in [0.29, 0.717) is 6.54 Å². The molecule has 2 atom stereocenters. The van der Waals surface area contributed by atoms with Crippen LogP contribution in [0.25, 0.3) is 0 Å². The first-order valence-electron chi connectivity index (χ1n) is 6.16. The third-order valence-corrected chi connectivity index (χ3v) is 5.82. The van der Waals surface area contributed by atoms with E-state index in [9.17, 15) is 13.5 Å². The molecule has 1 aliphatic rings. The van der Waals surface area contributed by atoms with Crippen molar-refractivity contribution in [1.82, 2.24) is 8.61 Å². The molecule has 1 saturated heterocycles. The van der Waals surface area contributed by atoms with Crippen LogP contribution in [0.15, 0.2) is 0 Å². The molecule has 0 amide bonds. The van der Waals surface area contributed by atoms with Crippen LogP contribution < -0.4 is 0 Å². The summed E-state index contributed by atoms with van der Waals surface area (Å²) in [5, 5.41) is 9.17. The topological polar surface area (TPSA) is 60.9 Å². The summed E-state index contributed by atoms with van der Waals surface area (Å²) in [6.45, 7) is 6.13. The molecule has 1 heterocycles. The lowest BCUT2D eigenvalue weighted by atomic mass is 9.96. The van der Waals surface area contributed by atoms with Gasteiger partial charge in [-0.2, -0.15) is 17.0 Å². The van der Waals surface area contributed by atoms with Crippen LogP contribution in [-0.2, 0) is 10.2 Å². The first-order valence-corrected chi connectivity index (χ1v) is 7.56. The third-order valence-electron chi connectivity index (χ3n) is 3.57. The molecule has 1 aliphatic heterocycles. The summed E-state index contributed by atoms with van der Waals surface area (Å²) in [5.41, 5.74) is 0. The highest BCUT2D eigenvalue weighted by atomic mass is 32.2. The molecule has 1 rings (SSSR count). The molecule has 1 N–H and O–H groups in total. The Labute approximate surface area is 105 Å². The van der Waals surface area contributed by atoms with Gasteiger partial charge in [-0.3, -0.25) is 0 Å². The molecule has 1 fully saturated rings. The minimum atomic E-state index is -3.40. The molecular formula is C11H24N2O3S. The summed E-state index contributed by atoms with van der Waals surface area (Å²) in [5.74, 6) is 0.0709. The second-order valence-electron chi connectivity index (χ2n) is 5.16. The van der Waals surface area contributed by atoms with Crippen LogP contribution >= 0.6 is 0 Å². The molecule has 0 bridgehead atoms. The number of aliphatic hydroxyl groups is 1. The van der Waals surface area contributed by atoms with Crippen LogP contribution in [0.5, 0.6) is 0 Å². The molecule has 5 nitrogen and oxygen atoms in total. The van der Waals surface area contributed by atoms with E-state index in [4.69, 9.17) is 0 Å². The van der Waals surface area contributed by atoms with Gasteiger partial charge in [0.05, 0.1) is 0 Å². The van der Waals surface area contributed by atoms with Crippen molar-refractivity contribution in [3.05, 3.63) is 0 Å². The van der Waals surface area contributed by atoms with Crippen LogP contribution in [0.4, 0.5) is 0 Å². The lowest BCUT2D eigenvalue weighted by Crippen LogP contribution is -2.52. The highest BCUT2D eigenvalue weighted by Crippen LogP contribution is 2.26. The summed E-state index contributed by atoms with van der Waals surface area (Å²) in [6, 6.07) is -0.0364. The Balaban J connectivity index is 2.88. The Hall–Kier alpha value is -0.170. The minimum absolute atomic E-state index is 0.0176. The average molecular weight is 264 g/mol. The van der Waals surface area contributed by atoms with Gasteiger partial charge in [0.2, 0.25) is 0 Å². The van der Waals surface area contributed by atoms with Crippen LogP contribution in [-0.4, -0.2) is 54.4 Å². The van der Waals surface area contributed by atoms with E-state index in [1.165, 1.54) is 8.61 Å². The van der Waals surface area contributed by atoms with E-state index >= 15 is 0 Å². The highest BCUT2D eigenvalue weighted by Gasteiger charge is 2.36. The zero-order valence-electron chi connectivity index (χ0n) is 11.1. The fraction of sp³-hybridized carbons (Fsp3) is 1.00. The van der Waals surface area contributed by atoms with Gasteiger partial charge in [0.1, 0.15) is 0 Å². The van der Waals surface area contributed by atoms with E-state index in [1.54, 1.807) is 7.05 Å². The van der Waals surface area contributed by atoms with E-state index in [1.807, 2.05) is 20.8 Å². The maximum absolute atomic E-state index is 12.4. The second kappa shape index (κ2) is 5.65. The van der Waals surface area contributed by atoms with Crippen molar-refractivity contribution in [2.45, 2.75) is 45.7 Å². The number of piperidine rings is 1. The molecule has 0 spiro atoms. The number of hydrogen-bond acceptors (Lipinski definition) is 3. The smallest absolute Gasteiger partial charge is 0.282 e. The number of aliphatic hydroxyl groups excluding tert-OH is 1. The quantitative estimate of drug-likeness (QED) is 0.811. The number of nitrogens with zero attached hydrogens (tertiary/aromatic N) is 2. The van der Waals surface area contributed by atoms with Gasteiger partial charge in [0.25, 0.3) is 10.2 Å². The van der Waals surface area contributed by atoms with Crippen molar-refractivity contribution in [3.63, 3.8) is 0 Å². The van der Waals surface area contributed by atoms with Crippen LogP contribution in [0.3, 0.4) is 0 Å². The third kappa shape index (κ3) is 3.19. The van der Waals surface area contributed by atoms with Gasteiger partial charge in [-0.05, 0) is 39.5 Å². The Morgan fingerprint density at radius 3 is 2.47 bits per heavy atom. The van der Waals surface area contributed by atoms with Gasteiger partial charge in [0.15, 0.2) is 0 Å². The first-order chi connectivity index (χ1) is 7.80. The molecule has 17 heavy (non-hydrogen) atoms. The van der Waals surface area contributed by atoms with Crippen LogP contribution in [0.1, 0.15) is 33.6 Å². The molecule has 2 unspecified atom stereocenters. The molecule has 0 aromatic rings. The Bertz CT molecular complexity index is 343.